The van der Waals surface area contributed by atoms with Crippen molar-refractivity contribution < 1.29 is 13.2 Å². The predicted octanol–water partition coefficient (Wildman–Crippen LogP) is 0.944. The van der Waals surface area contributed by atoms with Gasteiger partial charge < -0.3 is 11.5 Å². The molecule has 1 amide bonds. The number of amides is 1. The maximum atomic E-state index is 12.1. The van der Waals surface area contributed by atoms with Crippen LogP contribution < -0.4 is 11.5 Å². The highest BCUT2D eigenvalue weighted by molar-refractivity contribution is 7.90. The van der Waals surface area contributed by atoms with E-state index in [1.54, 1.807) is 0 Å². The molecule has 114 valence electrons. The Hall–Kier alpha value is -1.89. The number of aryl methyl sites for hydroxylation is 1. The first-order valence-corrected chi connectivity index (χ1v) is 8.64. The zero-order valence-corrected chi connectivity index (χ0v) is 12.9. The summed E-state index contributed by atoms with van der Waals surface area (Å²) in [5.74, 6) is -0.680. The van der Waals surface area contributed by atoms with E-state index in [1.807, 2.05) is 13.0 Å². The summed E-state index contributed by atoms with van der Waals surface area (Å²) in [6, 6.07) is 3.22. The number of aliphatic imine (C=N–C) groups is 1. The van der Waals surface area contributed by atoms with Crippen molar-refractivity contribution in [3.8, 4) is 0 Å². The van der Waals surface area contributed by atoms with Gasteiger partial charge in [-0.3, -0.25) is 4.79 Å². The van der Waals surface area contributed by atoms with Gasteiger partial charge in [0.25, 0.3) is 5.91 Å². The van der Waals surface area contributed by atoms with Gasteiger partial charge in [-0.05, 0) is 42.4 Å². The largest absolute Gasteiger partial charge is 0.370 e. The van der Waals surface area contributed by atoms with Gasteiger partial charge >= 0.3 is 0 Å². The molecule has 1 aliphatic carbocycles. The van der Waals surface area contributed by atoms with E-state index >= 15 is 0 Å². The Balaban J connectivity index is 2.65. The highest BCUT2D eigenvalue weighted by Crippen LogP contribution is 2.43. The fraction of sp³-hybridized carbons (Fsp3) is 0.429. The molecule has 1 aromatic carbocycles. The molecule has 0 saturated heterocycles. The summed E-state index contributed by atoms with van der Waals surface area (Å²) < 4.78 is 24.0. The zero-order chi connectivity index (χ0) is 15.8. The molecule has 1 aliphatic rings. The van der Waals surface area contributed by atoms with E-state index in [0.29, 0.717) is 6.42 Å². The molecule has 1 aromatic rings. The van der Waals surface area contributed by atoms with Crippen molar-refractivity contribution in [2.24, 2.45) is 16.5 Å². The number of hydrogen-bond acceptors (Lipinski definition) is 3. The minimum Gasteiger partial charge on any atom is -0.370 e. The summed E-state index contributed by atoms with van der Waals surface area (Å²) in [7, 11) is -3.41. The van der Waals surface area contributed by atoms with Crippen LogP contribution in [0.2, 0.25) is 0 Å². The number of benzene rings is 1. The van der Waals surface area contributed by atoms with Gasteiger partial charge in [0.15, 0.2) is 15.8 Å². The molecule has 0 heterocycles. The maximum absolute atomic E-state index is 12.1. The van der Waals surface area contributed by atoms with Crippen LogP contribution in [-0.4, -0.2) is 26.5 Å². The third-order valence-electron chi connectivity index (χ3n) is 3.49. The van der Waals surface area contributed by atoms with Crippen LogP contribution in [0, 0.1) is 0 Å². The molecule has 0 radical (unpaired) electrons. The van der Waals surface area contributed by atoms with Crippen molar-refractivity contribution in [2.45, 2.75) is 37.0 Å². The summed E-state index contributed by atoms with van der Waals surface area (Å²) in [4.78, 5) is 15.8. The van der Waals surface area contributed by atoms with Crippen LogP contribution in [0.1, 0.15) is 47.2 Å². The van der Waals surface area contributed by atoms with Gasteiger partial charge in [0.2, 0.25) is 0 Å². The van der Waals surface area contributed by atoms with Crippen LogP contribution in [0.25, 0.3) is 0 Å². The number of carbonyl (C=O) groups is 1. The van der Waals surface area contributed by atoms with Gasteiger partial charge in [0, 0.05) is 11.8 Å². The minimum atomic E-state index is -3.41. The lowest BCUT2D eigenvalue weighted by atomic mass is 9.99. The summed E-state index contributed by atoms with van der Waals surface area (Å²) in [5.41, 5.74) is 12.3. The quantitative estimate of drug-likeness (QED) is 0.634. The molecular weight excluding hydrogens is 290 g/mol. The molecule has 0 spiro atoms. The second-order valence-electron chi connectivity index (χ2n) is 5.29. The van der Waals surface area contributed by atoms with E-state index in [-0.39, 0.29) is 22.3 Å². The van der Waals surface area contributed by atoms with Gasteiger partial charge in [-0.25, -0.2) is 8.42 Å². The maximum Gasteiger partial charge on any atom is 0.280 e. The monoisotopic (exact) mass is 309 g/mol. The van der Waals surface area contributed by atoms with E-state index < -0.39 is 15.7 Å². The number of sulfone groups is 1. The lowest BCUT2D eigenvalue weighted by Crippen LogP contribution is -2.24. The van der Waals surface area contributed by atoms with Gasteiger partial charge in [-0.1, -0.05) is 13.0 Å². The topological polar surface area (TPSA) is 116 Å². The average molecular weight is 309 g/mol. The molecule has 2 rings (SSSR count). The molecule has 21 heavy (non-hydrogen) atoms. The lowest BCUT2D eigenvalue weighted by molar-refractivity contribution is 0.100. The van der Waals surface area contributed by atoms with E-state index in [4.69, 9.17) is 11.5 Å². The molecule has 6 nitrogen and oxygen atoms in total. The Labute approximate surface area is 124 Å². The first-order valence-electron chi connectivity index (χ1n) is 6.74. The van der Waals surface area contributed by atoms with Gasteiger partial charge in [0.05, 0.1) is 4.90 Å². The minimum absolute atomic E-state index is 0.205. The van der Waals surface area contributed by atoms with Crippen LogP contribution in [-0.2, 0) is 16.3 Å². The van der Waals surface area contributed by atoms with Crippen molar-refractivity contribution in [3.05, 3.63) is 28.8 Å². The summed E-state index contributed by atoms with van der Waals surface area (Å²) in [5, 5.41) is 0. The Morgan fingerprint density at radius 2 is 1.95 bits per heavy atom. The fourth-order valence-electron chi connectivity index (χ4n) is 2.35. The van der Waals surface area contributed by atoms with Gasteiger partial charge in [0.1, 0.15) is 0 Å². The van der Waals surface area contributed by atoms with E-state index in [2.05, 4.69) is 4.99 Å². The van der Waals surface area contributed by atoms with Crippen LogP contribution in [0.3, 0.4) is 0 Å². The molecule has 4 N–H and O–H groups in total. The van der Waals surface area contributed by atoms with Crippen LogP contribution in [0.4, 0.5) is 0 Å². The van der Waals surface area contributed by atoms with Crippen molar-refractivity contribution >= 4 is 21.7 Å². The molecule has 0 aromatic heterocycles. The first-order chi connectivity index (χ1) is 9.74. The van der Waals surface area contributed by atoms with Crippen molar-refractivity contribution in [1.82, 2.24) is 0 Å². The van der Waals surface area contributed by atoms with E-state index in [9.17, 15) is 13.2 Å². The smallest absolute Gasteiger partial charge is 0.280 e. The number of carbonyl (C=O) groups excluding carboxylic acids is 1. The van der Waals surface area contributed by atoms with Crippen molar-refractivity contribution in [3.63, 3.8) is 0 Å². The first kappa shape index (κ1) is 15.5. The standard InChI is InChI=1S/C14H19N3O3S/c1-3-8-6-10(9-4-5-9)12(21(2,19)20)7-11(8)13(18)17-14(15)16/h6-7,9H,3-5H2,1-2H3,(H4,15,16,17,18). The highest BCUT2D eigenvalue weighted by atomic mass is 32.2. The van der Waals surface area contributed by atoms with Gasteiger partial charge in [-0.15, -0.1) is 0 Å². The number of guanidine groups is 1. The molecule has 1 fully saturated rings. The van der Waals surface area contributed by atoms with Crippen LogP contribution in [0.15, 0.2) is 22.0 Å². The summed E-state index contributed by atoms with van der Waals surface area (Å²) >= 11 is 0. The molecular formula is C14H19N3O3S. The zero-order valence-electron chi connectivity index (χ0n) is 12.1. The lowest BCUT2D eigenvalue weighted by Gasteiger charge is -2.13. The Morgan fingerprint density at radius 3 is 2.38 bits per heavy atom. The molecule has 0 unspecified atom stereocenters. The Bertz CT molecular complexity index is 715. The molecule has 7 heteroatoms. The molecule has 0 bridgehead atoms. The SMILES string of the molecule is CCc1cc(C2CC2)c(S(C)(=O)=O)cc1C(=O)N=C(N)N. The molecule has 1 saturated carbocycles. The number of nitrogens with zero attached hydrogens (tertiary/aromatic N) is 1. The van der Waals surface area contributed by atoms with E-state index in [1.165, 1.54) is 6.07 Å². The third kappa shape index (κ3) is 3.41. The summed E-state index contributed by atoms with van der Waals surface area (Å²) in [6.07, 6.45) is 3.71. The highest BCUT2D eigenvalue weighted by Gasteiger charge is 2.30. The molecule has 0 atom stereocenters. The van der Waals surface area contributed by atoms with Gasteiger partial charge in [-0.2, -0.15) is 4.99 Å². The van der Waals surface area contributed by atoms with E-state index in [0.717, 1.165) is 30.2 Å². The van der Waals surface area contributed by atoms with Crippen molar-refractivity contribution in [1.29, 1.82) is 0 Å². The molecule has 0 aliphatic heterocycles. The normalized spacial score (nSPS) is 14.8. The van der Waals surface area contributed by atoms with Crippen LogP contribution in [0.5, 0.6) is 0 Å². The Morgan fingerprint density at radius 1 is 1.33 bits per heavy atom. The fourth-order valence-corrected chi connectivity index (χ4v) is 3.33. The number of hydrogen-bond donors (Lipinski definition) is 2. The second kappa shape index (κ2) is 5.48. The average Bonchev–Trinajstić information content (AvgIpc) is 3.19. The van der Waals surface area contributed by atoms with Crippen LogP contribution >= 0.6 is 0 Å². The second-order valence-corrected chi connectivity index (χ2v) is 7.27. The predicted molar refractivity (Wildman–Crippen MR) is 81.0 cm³/mol. The number of rotatable bonds is 4. The van der Waals surface area contributed by atoms with Crippen molar-refractivity contribution in [2.75, 3.05) is 6.26 Å². The third-order valence-corrected chi connectivity index (χ3v) is 4.65. The number of nitrogens with two attached hydrogens (primary N) is 2. The summed E-state index contributed by atoms with van der Waals surface area (Å²) in [6.45, 7) is 1.90. The Kier molecular flexibility index (Phi) is 4.04.